The lowest BCUT2D eigenvalue weighted by Gasteiger charge is -2.30. The summed E-state index contributed by atoms with van der Waals surface area (Å²) in [6.07, 6.45) is 1.95. The average molecular weight is 830 g/mol. The van der Waals surface area contributed by atoms with E-state index in [1.54, 1.807) is 71.9 Å². The Hall–Kier alpha value is -6.34. The lowest BCUT2D eigenvalue weighted by molar-refractivity contribution is -0.141. The van der Waals surface area contributed by atoms with Crippen LogP contribution in [0.5, 0.6) is 0 Å². The molecule has 0 saturated carbocycles. The van der Waals surface area contributed by atoms with Crippen molar-refractivity contribution < 1.29 is 53.1 Å². The number of nitrogens with two attached hydrogens (primary N) is 1. The minimum absolute atomic E-state index is 0.0115. The number of rotatable bonds is 24. The van der Waals surface area contributed by atoms with Gasteiger partial charge in [-0.05, 0) is 30.2 Å². The van der Waals surface area contributed by atoms with Gasteiger partial charge in [-0.25, -0.2) is 4.79 Å². The smallest absolute Gasteiger partial charge is 0.326 e. The van der Waals surface area contributed by atoms with Gasteiger partial charge >= 0.3 is 5.97 Å². The molecule has 0 aromatic heterocycles. The first-order chi connectivity index (χ1) is 27.6. The summed E-state index contributed by atoms with van der Waals surface area (Å²) in [5, 5.41) is 29.0. The van der Waals surface area contributed by atoms with Crippen LogP contribution in [0.3, 0.4) is 0 Å². The molecule has 0 aliphatic heterocycles. The second-order valence-corrected chi connectivity index (χ2v) is 14.7. The number of carboxylic acids is 1. The second kappa shape index (κ2) is 25.1. The number of hydrogen-bond donors (Lipinski definition) is 10. The molecule has 0 bridgehead atoms. The predicted molar refractivity (Wildman–Crippen MR) is 214 cm³/mol. The predicted octanol–water partition coefficient (Wildman–Crippen LogP) is -2.11. The maximum absolute atomic E-state index is 13.6. The van der Waals surface area contributed by atoms with Crippen molar-refractivity contribution in [3.63, 3.8) is 0 Å². The van der Waals surface area contributed by atoms with E-state index in [1.165, 1.54) is 13.8 Å². The Labute approximate surface area is 343 Å². The number of carbonyl (C=O) groups is 10. The minimum Gasteiger partial charge on any atom is -0.480 e. The minimum atomic E-state index is -1.45. The van der Waals surface area contributed by atoms with E-state index in [0.717, 1.165) is 12.2 Å². The molecule has 326 valence electrons. The molecular formula is C39H59N9O11. The van der Waals surface area contributed by atoms with Gasteiger partial charge < -0.3 is 53.4 Å². The first kappa shape index (κ1) is 50.7. The molecule has 1 aromatic rings. The number of amides is 9. The van der Waals surface area contributed by atoms with Gasteiger partial charge in [-0.1, -0.05) is 78.3 Å². The quantitative estimate of drug-likeness (QED) is 0.0503. The zero-order valence-corrected chi connectivity index (χ0v) is 34.7. The highest BCUT2D eigenvalue weighted by Gasteiger charge is 2.35. The summed E-state index contributed by atoms with van der Waals surface area (Å²) in [6.45, 7) is 11.7. The van der Waals surface area contributed by atoms with Crippen LogP contribution in [-0.4, -0.2) is 114 Å². The van der Waals surface area contributed by atoms with Gasteiger partial charge in [0.2, 0.25) is 53.2 Å². The summed E-state index contributed by atoms with van der Waals surface area (Å²) < 4.78 is 0. The molecule has 1 aromatic carbocycles. The molecule has 11 N–H and O–H groups in total. The van der Waals surface area contributed by atoms with Crippen molar-refractivity contribution in [2.75, 3.05) is 13.1 Å². The number of carbonyl (C=O) groups excluding carboxylic acids is 9. The molecule has 20 nitrogen and oxygen atoms in total. The SMILES string of the molecule is CC[C@H](C)[C@H](NC(=O)[C@H](CNC(C)=O)NC(=O)/C=C/C(=O)N[C@@H](C)C(=O)NCC(=O)N[C@@H](Cc1ccccc1)C(=O)O)C(=O)N[C@H](C(=O)N[C@H](C(N)=O)C(C)C)C(C)C. The highest BCUT2D eigenvalue weighted by molar-refractivity contribution is 6.01. The lowest BCUT2D eigenvalue weighted by atomic mass is 9.95. The molecule has 0 aliphatic rings. The van der Waals surface area contributed by atoms with Crippen LogP contribution >= 0.6 is 0 Å². The van der Waals surface area contributed by atoms with Crippen molar-refractivity contribution in [1.82, 2.24) is 42.5 Å². The molecule has 0 spiro atoms. The fourth-order valence-electron chi connectivity index (χ4n) is 5.31. The highest BCUT2D eigenvalue weighted by Crippen LogP contribution is 2.12. The Morgan fingerprint density at radius 2 is 1.17 bits per heavy atom. The first-order valence-electron chi connectivity index (χ1n) is 19.1. The largest absolute Gasteiger partial charge is 0.480 e. The molecule has 0 fully saturated rings. The van der Waals surface area contributed by atoms with Gasteiger partial charge in [0.25, 0.3) is 0 Å². The normalized spacial score (nSPS) is 14.6. The van der Waals surface area contributed by atoms with Crippen LogP contribution in [0.15, 0.2) is 42.5 Å². The zero-order valence-electron chi connectivity index (χ0n) is 34.7. The molecule has 9 amide bonds. The third-order valence-electron chi connectivity index (χ3n) is 8.98. The molecule has 0 saturated heterocycles. The lowest BCUT2D eigenvalue weighted by Crippen LogP contribution is -2.61. The fraction of sp³-hybridized carbons (Fsp3) is 0.538. The van der Waals surface area contributed by atoms with Crippen LogP contribution in [0, 0.1) is 17.8 Å². The highest BCUT2D eigenvalue weighted by atomic mass is 16.4. The Balaban J connectivity index is 2.93. The van der Waals surface area contributed by atoms with Crippen molar-refractivity contribution >= 4 is 59.1 Å². The van der Waals surface area contributed by atoms with Crippen LogP contribution < -0.4 is 48.3 Å². The van der Waals surface area contributed by atoms with Crippen molar-refractivity contribution in [2.45, 2.75) is 104 Å². The molecule has 0 aliphatic carbocycles. The van der Waals surface area contributed by atoms with Crippen LogP contribution in [0.2, 0.25) is 0 Å². The first-order valence-corrected chi connectivity index (χ1v) is 19.1. The van der Waals surface area contributed by atoms with E-state index in [0.29, 0.717) is 12.0 Å². The Morgan fingerprint density at radius 1 is 0.644 bits per heavy atom. The van der Waals surface area contributed by atoms with Crippen molar-refractivity contribution in [3.05, 3.63) is 48.0 Å². The molecule has 0 heterocycles. The molecule has 59 heavy (non-hydrogen) atoms. The van der Waals surface area contributed by atoms with Crippen molar-refractivity contribution in [2.24, 2.45) is 23.5 Å². The summed E-state index contributed by atoms with van der Waals surface area (Å²) in [6, 6.07) is 1.37. The maximum Gasteiger partial charge on any atom is 0.326 e. The zero-order chi connectivity index (χ0) is 45.0. The average Bonchev–Trinajstić information content (AvgIpc) is 3.16. The third-order valence-corrected chi connectivity index (χ3v) is 8.98. The van der Waals surface area contributed by atoms with Crippen LogP contribution in [0.1, 0.15) is 67.4 Å². The van der Waals surface area contributed by atoms with E-state index < -0.39 is 120 Å². The van der Waals surface area contributed by atoms with E-state index in [9.17, 15) is 53.1 Å². The Kier molecular flexibility index (Phi) is 21.6. The maximum atomic E-state index is 13.6. The number of hydrogen-bond acceptors (Lipinski definition) is 10. The summed E-state index contributed by atoms with van der Waals surface area (Å²) >= 11 is 0. The van der Waals surface area contributed by atoms with Gasteiger partial charge in [0.1, 0.15) is 36.3 Å². The van der Waals surface area contributed by atoms with Crippen LogP contribution in [-0.2, 0) is 54.4 Å². The Bertz CT molecular complexity index is 1700. The summed E-state index contributed by atoms with van der Waals surface area (Å²) in [7, 11) is 0. The van der Waals surface area contributed by atoms with Gasteiger partial charge in [-0.2, -0.15) is 0 Å². The molecule has 0 radical (unpaired) electrons. The van der Waals surface area contributed by atoms with Crippen LogP contribution in [0.4, 0.5) is 0 Å². The number of aliphatic carboxylic acids is 1. The molecule has 20 heteroatoms. The molecular weight excluding hydrogens is 770 g/mol. The monoisotopic (exact) mass is 829 g/mol. The van der Waals surface area contributed by atoms with Crippen molar-refractivity contribution in [3.8, 4) is 0 Å². The van der Waals surface area contributed by atoms with Crippen LogP contribution in [0.25, 0.3) is 0 Å². The third kappa shape index (κ3) is 18.6. The van der Waals surface area contributed by atoms with E-state index in [2.05, 4.69) is 42.5 Å². The number of primary amides is 1. The summed E-state index contributed by atoms with van der Waals surface area (Å²) in [4.78, 5) is 126. The standard InChI is InChI=1S/C39H59N9O11/c1-9-22(6)33(38(57)47-32(21(4)5)37(56)46-31(20(2)3)34(40)53)48-36(55)27(18-41-24(8)49)45-29(51)16-15-28(50)43-23(7)35(54)42-19-30(52)44-26(39(58)59)17-25-13-11-10-12-14-25/h10-16,20-23,26-27,31-33H,9,17-19H2,1-8H3,(H2,40,53)(H,41,49)(H,42,54)(H,43,50)(H,44,52)(H,45,51)(H,46,56)(H,47,57)(H,48,55)(H,58,59)/b16-15+/t22-,23-,26-,27-,31-,32-,33-/m0/s1. The molecule has 1 rings (SSSR count). The van der Waals surface area contributed by atoms with E-state index in [1.807, 2.05) is 0 Å². The number of nitrogens with one attached hydrogen (secondary N) is 8. The fourth-order valence-corrected chi connectivity index (χ4v) is 5.31. The molecule has 7 atom stereocenters. The van der Waals surface area contributed by atoms with Gasteiger partial charge in [-0.3, -0.25) is 43.2 Å². The number of carboxylic acid groups (broad SMARTS) is 1. The second-order valence-electron chi connectivity index (χ2n) is 14.7. The van der Waals surface area contributed by atoms with Gasteiger partial charge in [0, 0.05) is 32.0 Å². The van der Waals surface area contributed by atoms with E-state index >= 15 is 0 Å². The van der Waals surface area contributed by atoms with Crippen molar-refractivity contribution in [1.29, 1.82) is 0 Å². The van der Waals surface area contributed by atoms with E-state index in [-0.39, 0.29) is 12.3 Å². The molecule has 0 unspecified atom stereocenters. The number of benzene rings is 1. The summed E-state index contributed by atoms with van der Waals surface area (Å²) in [5.41, 5.74) is 6.11. The van der Waals surface area contributed by atoms with Gasteiger partial charge in [0.05, 0.1) is 6.54 Å². The Morgan fingerprint density at radius 3 is 1.68 bits per heavy atom. The van der Waals surface area contributed by atoms with Gasteiger partial charge in [-0.15, -0.1) is 0 Å². The topological polar surface area (TPSA) is 313 Å². The van der Waals surface area contributed by atoms with E-state index in [4.69, 9.17) is 5.73 Å². The van der Waals surface area contributed by atoms with Gasteiger partial charge in [0.15, 0.2) is 0 Å². The summed E-state index contributed by atoms with van der Waals surface area (Å²) in [5.74, 6) is -9.53.